The highest BCUT2D eigenvalue weighted by molar-refractivity contribution is 5.87. The molecule has 0 bridgehead atoms. The SMILES string of the molecule is COC(=O)C(C)=CCC(C)(O)CCC(C)(C)O. The predicted octanol–water partition coefficient (Wildman–Crippen LogP) is 1.80. The number of esters is 1. The van der Waals surface area contributed by atoms with Crippen molar-refractivity contribution >= 4 is 5.97 Å². The number of ether oxygens (including phenoxy) is 1. The number of carbonyl (C=O) groups is 1. The van der Waals surface area contributed by atoms with Crippen LogP contribution in [0.3, 0.4) is 0 Å². The average molecular weight is 244 g/mol. The summed E-state index contributed by atoms with van der Waals surface area (Å²) in [5.41, 5.74) is -1.23. The molecular weight excluding hydrogens is 220 g/mol. The van der Waals surface area contributed by atoms with Gasteiger partial charge in [0.15, 0.2) is 0 Å². The maximum Gasteiger partial charge on any atom is 0.333 e. The Bertz CT molecular complexity index is 284. The first kappa shape index (κ1) is 16.1. The van der Waals surface area contributed by atoms with Crippen LogP contribution >= 0.6 is 0 Å². The van der Waals surface area contributed by atoms with Gasteiger partial charge in [-0.15, -0.1) is 0 Å². The lowest BCUT2D eigenvalue weighted by Gasteiger charge is -2.26. The van der Waals surface area contributed by atoms with E-state index in [-0.39, 0.29) is 5.97 Å². The average Bonchev–Trinajstić information content (AvgIpc) is 2.21. The molecule has 0 aliphatic carbocycles. The molecule has 0 heterocycles. The summed E-state index contributed by atoms with van der Waals surface area (Å²) < 4.78 is 4.56. The maximum absolute atomic E-state index is 11.1. The Morgan fingerprint density at radius 1 is 1.24 bits per heavy atom. The largest absolute Gasteiger partial charge is 0.466 e. The van der Waals surface area contributed by atoms with Crippen LogP contribution in [0.2, 0.25) is 0 Å². The highest BCUT2D eigenvalue weighted by Gasteiger charge is 2.23. The number of hydrogen-bond acceptors (Lipinski definition) is 4. The van der Waals surface area contributed by atoms with Crippen LogP contribution < -0.4 is 0 Å². The number of carbonyl (C=O) groups excluding carboxylic acids is 1. The van der Waals surface area contributed by atoms with Crippen LogP contribution in [-0.4, -0.2) is 34.5 Å². The van der Waals surface area contributed by atoms with Gasteiger partial charge < -0.3 is 14.9 Å². The molecule has 0 spiro atoms. The van der Waals surface area contributed by atoms with Gasteiger partial charge in [-0.05, 0) is 47.0 Å². The Labute approximate surface area is 103 Å². The van der Waals surface area contributed by atoms with Crippen molar-refractivity contribution in [3.8, 4) is 0 Å². The third kappa shape index (κ3) is 7.94. The van der Waals surface area contributed by atoms with Gasteiger partial charge in [-0.25, -0.2) is 4.79 Å². The maximum atomic E-state index is 11.1. The second-order valence-electron chi connectivity index (χ2n) is 5.39. The van der Waals surface area contributed by atoms with Crippen molar-refractivity contribution in [2.45, 2.75) is 58.2 Å². The number of hydrogen-bond donors (Lipinski definition) is 2. The monoisotopic (exact) mass is 244 g/mol. The molecule has 0 aliphatic heterocycles. The number of aliphatic hydroxyl groups is 2. The smallest absolute Gasteiger partial charge is 0.333 e. The quantitative estimate of drug-likeness (QED) is 0.552. The van der Waals surface area contributed by atoms with E-state index in [1.807, 2.05) is 0 Å². The molecule has 0 aromatic heterocycles. The first-order valence-electron chi connectivity index (χ1n) is 5.77. The highest BCUT2D eigenvalue weighted by atomic mass is 16.5. The lowest BCUT2D eigenvalue weighted by Crippen LogP contribution is -2.29. The number of rotatable bonds is 6. The van der Waals surface area contributed by atoms with Crippen molar-refractivity contribution < 1.29 is 19.7 Å². The fourth-order valence-electron chi connectivity index (χ4n) is 1.29. The third-order valence-corrected chi connectivity index (χ3v) is 2.63. The minimum atomic E-state index is -0.921. The zero-order valence-electron chi connectivity index (χ0n) is 11.4. The van der Waals surface area contributed by atoms with Gasteiger partial charge in [-0.3, -0.25) is 0 Å². The Balaban J connectivity index is 4.31. The summed E-state index contributed by atoms with van der Waals surface area (Å²) in [6.07, 6.45) is 3.01. The Hall–Kier alpha value is -0.870. The summed E-state index contributed by atoms with van der Waals surface area (Å²) in [7, 11) is 1.33. The lowest BCUT2D eigenvalue weighted by molar-refractivity contribution is -0.136. The molecule has 1 unspecified atom stereocenters. The molecule has 0 aliphatic rings. The van der Waals surface area contributed by atoms with E-state index in [1.165, 1.54) is 7.11 Å². The van der Waals surface area contributed by atoms with Crippen LogP contribution in [0.4, 0.5) is 0 Å². The minimum absolute atomic E-state index is 0.365. The summed E-state index contributed by atoms with van der Waals surface area (Å²) in [5.74, 6) is -0.386. The van der Waals surface area contributed by atoms with Gasteiger partial charge >= 0.3 is 5.97 Å². The molecule has 4 heteroatoms. The Kier molecular flexibility index (Phi) is 5.85. The van der Waals surface area contributed by atoms with Gasteiger partial charge in [0.1, 0.15) is 0 Å². The van der Waals surface area contributed by atoms with E-state index in [2.05, 4.69) is 4.74 Å². The van der Waals surface area contributed by atoms with Crippen molar-refractivity contribution in [2.24, 2.45) is 0 Å². The van der Waals surface area contributed by atoms with E-state index >= 15 is 0 Å². The zero-order valence-corrected chi connectivity index (χ0v) is 11.4. The summed E-state index contributed by atoms with van der Waals surface area (Å²) in [4.78, 5) is 11.1. The van der Waals surface area contributed by atoms with Crippen molar-refractivity contribution in [1.29, 1.82) is 0 Å². The highest BCUT2D eigenvalue weighted by Crippen LogP contribution is 2.23. The molecule has 0 aromatic rings. The van der Waals surface area contributed by atoms with Crippen LogP contribution in [0.1, 0.15) is 47.0 Å². The van der Waals surface area contributed by atoms with E-state index < -0.39 is 11.2 Å². The molecular formula is C13H24O4. The van der Waals surface area contributed by atoms with Gasteiger partial charge in [0.25, 0.3) is 0 Å². The Morgan fingerprint density at radius 2 is 1.76 bits per heavy atom. The topological polar surface area (TPSA) is 66.8 Å². The van der Waals surface area contributed by atoms with Crippen LogP contribution in [0, 0.1) is 0 Å². The summed E-state index contributed by atoms with van der Waals surface area (Å²) >= 11 is 0. The standard InChI is InChI=1S/C13H24O4/c1-10(11(14)17-5)6-7-13(4,16)9-8-12(2,3)15/h6,15-16H,7-9H2,1-5H3. The van der Waals surface area contributed by atoms with Crippen LogP contribution in [-0.2, 0) is 9.53 Å². The molecule has 0 fully saturated rings. The summed E-state index contributed by atoms with van der Waals surface area (Å²) in [6.45, 7) is 6.76. The lowest BCUT2D eigenvalue weighted by atomic mass is 9.90. The summed E-state index contributed by atoms with van der Waals surface area (Å²) in [6, 6.07) is 0. The predicted molar refractivity (Wildman–Crippen MR) is 66.5 cm³/mol. The second-order valence-corrected chi connectivity index (χ2v) is 5.39. The molecule has 0 saturated heterocycles. The van der Waals surface area contributed by atoms with E-state index in [0.717, 1.165) is 0 Å². The molecule has 1 atom stereocenters. The van der Waals surface area contributed by atoms with Gasteiger partial charge in [0.05, 0.1) is 18.3 Å². The van der Waals surface area contributed by atoms with Crippen molar-refractivity contribution in [3.63, 3.8) is 0 Å². The van der Waals surface area contributed by atoms with Crippen molar-refractivity contribution in [1.82, 2.24) is 0 Å². The van der Waals surface area contributed by atoms with Crippen molar-refractivity contribution in [2.75, 3.05) is 7.11 Å². The molecule has 0 amide bonds. The molecule has 0 aromatic carbocycles. The van der Waals surface area contributed by atoms with Gasteiger partial charge in [-0.1, -0.05) is 6.08 Å². The third-order valence-electron chi connectivity index (χ3n) is 2.63. The molecule has 0 radical (unpaired) electrons. The minimum Gasteiger partial charge on any atom is -0.466 e. The second kappa shape index (κ2) is 6.17. The Morgan fingerprint density at radius 3 is 2.18 bits per heavy atom. The van der Waals surface area contributed by atoms with Gasteiger partial charge in [0, 0.05) is 5.57 Å². The van der Waals surface area contributed by atoms with E-state index in [0.29, 0.717) is 24.8 Å². The first-order valence-corrected chi connectivity index (χ1v) is 5.77. The van der Waals surface area contributed by atoms with Crippen LogP contribution in [0.5, 0.6) is 0 Å². The molecule has 17 heavy (non-hydrogen) atoms. The van der Waals surface area contributed by atoms with Gasteiger partial charge in [0.2, 0.25) is 0 Å². The fraction of sp³-hybridized carbons (Fsp3) is 0.769. The molecule has 0 saturated carbocycles. The molecule has 4 nitrogen and oxygen atoms in total. The van der Waals surface area contributed by atoms with E-state index in [1.54, 1.807) is 33.8 Å². The molecule has 2 N–H and O–H groups in total. The van der Waals surface area contributed by atoms with Crippen LogP contribution in [0.15, 0.2) is 11.6 Å². The molecule has 100 valence electrons. The van der Waals surface area contributed by atoms with Gasteiger partial charge in [-0.2, -0.15) is 0 Å². The normalized spacial score (nSPS) is 16.5. The first-order chi connectivity index (χ1) is 7.57. The summed E-state index contributed by atoms with van der Waals surface area (Å²) in [5, 5.41) is 19.7. The van der Waals surface area contributed by atoms with Crippen LogP contribution in [0.25, 0.3) is 0 Å². The van der Waals surface area contributed by atoms with Crippen molar-refractivity contribution in [3.05, 3.63) is 11.6 Å². The fourth-order valence-corrected chi connectivity index (χ4v) is 1.29. The zero-order chi connectivity index (χ0) is 13.7. The van der Waals surface area contributed by atoms with E-state index in [9.17, 15) is 15.0 Å². The number of methoxy groups -OCH3 is 1. The molecule has 0 rings (SSSR count). The van der Waals surface area contributed by atoms with E-state index in [4.69, 9.17) is 0 Å².